The van der Waals surface area contributed by atoms with Crippen molar-refractivity contribution in [3.8, 4) is 17.0 Å². The number of aromatic amines is 1. The highest BCUT2D eigenvalue weighted by molar-refractivity contribution is 5.60. The van der Waals surface area contributed by atoms with Crippen LogP contribution in [0.25, 0.3) is 11.3 Å². The maximum Gasteiger partial charge on any atom is 0.432 e. The van der Waals surface area contributed by atoms with Crippen LogP contribution in [0.1, 0.15) is 11.3 Å². The fourth-order valence-electron chi connectivity index (χ4n) is 2.08. The Morgan fingerprint density at radius 3 is 2.26 bits per heavy atom. The Morgan fingerprint density at radius 2 is 1.65 bits per heavy atom. The van der Waals surface area contributed by atoms with Crippen molar-refractivity contribution in [3.63, 3.8) is 0 Å². The van der Waals surface area contributed by atoms with Crippen LogP contribution < -0.4 is 4.74 Å². The fraction of sp³-hybridized carbons (Fsp3) is 0.118. The number of halogens is 3. The molecule has 0 atom stereocenters. The van der Waals surface area contributed by atoms with Gasteiger partial charge in [-0.3, -0.25) is 5.10 Å². The molecule has 118 valence electrons. The average molecular weight is 318 g/mol. The third-order valence-corrected chi connectivity index (χ3v) is 3.28. The van der Waals surface area contributed by atoms with Gasteiger partial charge in [0.25, 0.3) is 0 Å². The van der Waals surface area contributed by atoms with Crippen LogP contribution in [0.15, 0.2) is 60.7 Å². The molecule has 0 fully saturated rings. The van der Waals surface area contributed by atoms with Crippen molar-refractivity contribution < 1.29 is 17.9 Å². The highest BCUT2D eigenvalue weighted by atomic mass is 19.4. The zero-order valence-electron chi connectivity index (χ0n) is 12.0. The minimum absolute atomic E-state index is 0.243. The summed E-state index contributed by atoms with van der Waals surface area (Å²) in [6.45, 7) is 0.431. The van der Waals surface area contributed by atoms with Gasteiger partial charge >= 0.3 is 6.18 Å². The highest BCUT2D eigenvalue weighted by Gasteiger charge is 2.33. The molecule has 3 rings (SSSR count). The Kier molecular flexibility index (Phi) is 4.06. The fourth-order valence-corrected chi connectivity index (χ4v) is 2.08. The molecule has 0 aliphatic heterocycles. The smallest absolute Gasteiger partial charge is 0.432 e. The zero-order chi connectivity index (χ0) is 16.3. The summed E-state index contributed by atoms with van der Waals surface area (Å²) in [6, 6.07) is 17.5. The van der Waals surface area contributed by atoms with Crippen molar-refractivity contribution in [1.29, 1.82) is 0 Å². The number of rotatable bonds is 4. The summed E-state index contributed by atoms with van der Waals surface area (Å²) >= 11 is 0. The molecule has 0 saturated heterocycles. The predicted octanol–water partition coefficient (Wildman–Crippen LogP) is 4.67. The summed E-state index contributed by atoms with van der Waals surface area (Å²) in [7, 11) is 0. The van der Waals surface area contributed by atoms with E-state index in [1.54, 1.807) is 24.3 Å². The molecule has 3 nitrogen and oxygen atoms in total. The maximum atomic E-state index is 12.6. The lowest BCUT2D eigenvalue weighted by Gasteiger charge is -2.06. The zero-order valence-corrected chi connectivity index (χ0v) is 12.0. The first-order valence-corrected chi connectivity index (χ1v) is 6.92. The minimum atomic E-state index is -4.43. The second-order valence-corrected chi connectivity index (χ2v) is 4.96. The van der Waals surface area contributed by atoms with Crippen LogP contribution in [0, 0.1) is 0 Å². The molecular formula is C17H13F3N2O. The number of nitrogens with one attached hydrogen (secondary N) is 1. The Morgan fingerprint density at radius 1 is 0.957 bits per heavy atom. The summed E-state index contributed by atoms with van der Waals surface area (Å²) in [5.41, 5.74) is 1.01. The maximum absolute atomic E-state index is 12.6. The van der Waals surface area contributed by atoms with Crippen LogP contribution in [0.2, 0.25) is 0 Å². The van der Waals surface area contributed by atoms with Crippen LogP contribution in [0.4, 0.5) is 13.2 Å². The molecule has 0 bridgehead atoms. The van der Waals surface area contributed by atoms with E-state index in [2.05, 4.69) is 5.10 Å². The van der Waals surface area contributed by atoms with Gasteiger partial charge in [-0.25, -0.2) is 0 Å². The van der Waals surface area contributed by atoms with E-state index in [9.17, 15) is 13.2 Å². The van der Waals surface area contributed by atoms with Gasteiger partial charge in [-0.1, -0.05) is 30.3 Å². The Bertz CT molecular complexity index is 765. The molecule has 23 heavy (non-hydrogen) atoms. The van der Waals surface area contributed by atoms with Crippen LogP contribution >= 0.6 is 0 Å². The monoisotopic (exact) mass is 318 g/mol. The molecule has 1 N–H and O–H groups in total. The lowest BCUT2D eigenvalue weighted by Crippen LogP contribution is -2.04. The van der Waals surface area contributed by atoms with Gasteiger partial charge in [0.2, 0.25) is 0 Å². The van der Waals surface area contributed by atoms with Gasteiger partial charge in [-0.05, 0) is 35.9 Å². The van der Waals surface area contributed by atoms with E-state index in [1.165, 1.54) is 0 Å². The largest absolute Gasteiger partial charge is 0.489 e. The number of ether oxygens (including phenoxy) is 1. The molecule has 0 unspecified atom stereocenters. The molecule has 3 aromatic rings. The van der Waals surface area contributed by atoms with Gasteiger partial charge in [-0.2, -0.15) is 18.3 Å². The lowest BCUT2D eigenvalue weighted by atomic mass is 10.1. The van der Waals surface area contributed by atoms with Crippen molar-refractivity contribution in [1.82, 2.24) is 10.2 Å². The van der Waals surface area contributed by atoms with Gasteiger partial charge in [-0.15, -0.1) is 0 Å². The molecule has 6 heteroatoms. The standard InChI is InChI=1S/C17H13F3N2O/c18-17(19,20)16-10-15(21-22-16)13-6-8-14(9-7-13)23-11-12-4-2-1-3-5-12/h1-10H,11H2,(H,21,22). The SMILES string of the molecule is FC(F)(F)c1cc(-c2ccc(OCc3ccccc3)cc2)n[nH]1. The van der Waals surface area contributed by atoms with Gasteiger partial charge in [0.05, 0.1) is 5.69 Å². The minimum Gasteiger partial charge on any atom is -0.489 e. The van der Waals surface area contributed by atoms with E-state index < -0.39 is 11.9 Å². The van der Waals surface area contributed by atoms with Crippen LogP contribution in [0.5, 0.6) is 5.75 Å². The highest BCUT2D eigenvalue weighted by Crippen LogP contribution is 2.30. The topological polar surface area (TPSA) is 37.9 Å². The molecule has 1 aromatic heterocycles. The average Bonchev–Trinajstić information content (AvgIpc) is 3.05. The van der Waals surface area contributed by atoms with Gasteiger partial charge in [0, 0.05) is 5.56 Å². The number of alkyl halides is 3. The molecule has 0 aliphatic carbocycles. The van der Waals surface area contributed by atoms with Crippen LogP contribution in [0.3, 0.4) is 0 Å². The summed E-state index contributed by atoms with van der Waals surface area (Å²) in [5, 5.41) is 5.69. The van der Waals surface area contributed by atoms with Crippen molar-refractivity contribution >= 4 is 0 Å². The Balaban J connectivity index is 1.68. The van der Waals surface area contributed by atoms with Crippen molar-refractivity contribution in [2.45, 2.75) is 12.8 Å². The number of benzene rings is 2. The summed E-state index contributed by atoms with van der Waals surface area (Å²) in [6.07, 6.45) is -4.43. The molecule has 0 saturated carbocycles. The van der Waals surface area contributed by atoms with Crippen LogP contribution in [-0.2, 0) is 12.8 Å². The number of nitrogens with zero attached hydrogens (tertiary/aromatic N) is 1. The molecule has 0 amide bonds. The number of hydrogen-bond acceptors (Lipinski definition) is 2. The summed E-state index contributed by atoms with van der Waals surface area (Å²) < 4.78 is 43.3. The van der Waals surface area contributed by atoms with Gasteiger partial charge in [0.15, 0.2) is 0 Å². The normalized spacial score (nSPS) is 11.4. The first kappa shape index (κ1) is 15.1. The summed E-state index contributed by atoms with van der Waals surface area (Å²) in [5.74, 6) is 0.643. The van der Waals surface area contributed by atoms with E-state index in [4.69, 9.17) is 4.74 Å². The third-order valence-electron chi connectivity index (χ3n) is 3.28. The molecular weight excluding hydrogens is 305 g/mol. The molecule has 0 spiro atoms. The summed E-state index contributed by atoms with van der Waals surface area (Å²) in [4.78, 5) is 0. The van der Waals surface area contributed by atoms with E-state index in [-0.39, 0.29) is 5.69 Å². The van der Waals surface area contributed by atoms with E-state index in [0.717, 1.165) is 11.6 Å². The quantitative estimate of drug-likeness (QED) is 0.759. The Hall–Kier alpha value is -2.76. The Labute approximate surface area is 130 Å². The first-order valence-electron chi connectivity index (χ1n) is 6.92. The predicted molar refractivity (Wildman–Crippen MR) is 79.8 cm³/mol. The number of H-pyrrole nitrogens is 1. The van der Waals surface area contributed by atoms with Crippen molar-refractivity contribution in [2.75, 3.05) is 0 Å². The third kappa shape index (κ3) is 3.71. The van der Waals surface area contributed by atoms with Crippen LogP contribution in [-0.4, -0.2) is 10.2 Å². The van der Waals surface area contributed by atoms with E-state index >= 15 is 0 Å². The number of aromatic nitrogens is 2. The molecule has 0 radical (unpaired) electrons. The lowest BCUT2D eigenvalue weighted by molar-refractivity contribution is -0.141. The first-order chi connectivity index (χ1) is 11.0. The van der Waals surface area contributed by atoms with Gasteiger partial charge < -0.3 is 4.74 Å². The molecule has 2 aromatic carbocycles. The van der Waals surface area contributed by atoms with E-state index in [0.29, 0.717) is 17.9 Å². The molecule has 1 heterocycles. The molecule has 0 aliphatic rings. The van der Waals surface area contributed by atoms with E-state index in [1.807, 2.05) is 35.4 Å². The van der Waals surface area contributed by atoms with Crippen molar-refractivity contribution in [3.05, 3.63) is 71.9 Å². The van der Waals surface area contributed by atoms with Gasteiger partial charge in [0.1, 0.15) is 18.1 Å². The number of hydrogen-bond donors (Lipinski definition) is 1. The second-order valence-electron chi connectivity index (χ2n) is 4.96. The van der Waals surface area contributed by atoms with Crippen molar-refractivity contribution in [2.24, 2.45) is 0 Å². The second kappa shape index (κ2) is 6.16.